The molecule has 0 fully saturated rings. The summed E-state index contributed by atoms with van der Waals surface area (Å²) in [6.45, 7) is 3.61. The highest BCUT2D eigenvalue weighted by atomic mass is 16.4. The fourth-order valence-corrected chi connectivity index (χ4v) is 0.725. The van der Waals surface area contributed by atoms with Gasteiger partial charge in [0.1, 0.15) is 0 Å². The second kappa shape index (κ2) is 6.00. The van der Waals surface area contributed by atoms with E-state index in [1.54, 1.807) is 20.9 Å². The van der Waals surface area contributed by atoms with E-state index in [1.807, 2.05) is 0 Å². The number of carboxylic acid groups (broad SMARTS) is 1. The highest BCUT2D eigenvalue weighted by molar-refractivity contribution is 5.95. The first-order chi connectivity index (χ1) is 6.84. The third-order valence-electron chi connectivity index (χ3n) is 1.91. The number of imide groups is 1. The monoisotopic (exact) mass is 216 g/mol. The molecule has 0 heterocycles. The molecule has 0 aromatic carbocycles. The van der Waals surface area contributed by atoms with Crippen molar-refractivity contribution in [2.75, 3.05) is 7.05 Å². The van der Waals surface area contributed by atoms with Gasteiger partial charge in [-0.25, -0.2) is 4.79 Å². The number of aliphatic carboxylic acids is 1. The van der Waals surface area contributed by atoms with Gasteiger partial charge >= 0.3 is 12.0 Å². The lowest BCUT2D eigenvalue weighted by molar-refractivity contribution is -0.138. The van der Waals surface area contributed by atoms with Crippen LogP contribution in [0.3, 0.4) is 0 Å². The van der Waals surface area contributed by atoms with Crippen molar-refractivity contribution in [2.45, 2.75) is 32.7 Å². The number of carbonyl (C=O) groups excluding carboxylic acids is 2. The molecule has 3 amide bonds. The fraction of sp³-hybridized carbons (Fsp3) is 0.667. The Labute approximate surface area is 88.2 Å². The van der Waals surface area contributed by atoms with Crippen LogP contribution >= 0.6 is 0 Å². The van der Waals surface area contributed by atoms with Gasteiger partial charge in [-0.15, -0.1) is 0 Å². The lowest BCUT2D eigenvalue weighted by Gasteiger charge is -2.21. The average Bonchev–Trinajstić information content (AvgIpc) is 2.13. The summed E-state index contributed by atoms with van der Waals surface area (Å²) in [5, 5.41) is 10.4. The number of carboxylic acids is 1. The molecular formula is C9H16N2O4. The minimum Gasteiger partial charge on any atom is -0.481 e. The number of hydrogen-bond donors (Lipinski definition) is 2. The molecule has 6 nitrogen and oxygen atoms in total. The van der Waals surface area contributed by atoms with Crippen LogP contribution in [0.2, 0.25) is 0 Å². The molecule has 15 heavy (non-hydrogen) atoms. The highest BCUT2D eigenvalue weighted by Crippen LogP contribution is 1.95. The van der Waals surface area contributed by atoms with Crippen molar-refractivity contribution in [2.24, 2.45) is 0 Å². The maximum Gasteiger partial charge on any atom is 0.324 e. The van der Waals surface area contributed by atoms with Crippen molar-refractivity contribution < 1.29 is 19.5 Å². The molecular weight excluding hydrogens is 200 g/mol. The van der Waals surface area contributed by atoms with Gasteiger partial charge in [0.2, 0.25) is 5.91 Å². The van der Waals surface area contributed by atoms with E-state index < -0.39 is 17.9 Å². The standard InChI is InChI=1S/C9H16N2O4/c1-6(2)11(3)9(15)10-7(12)4-5-8(13)14/h6H,4-5H2,1-3H3,(H,13,14)(H,10,12,15). The first-order valence-electron chi connectivity index (χ1n) is 4.63. The Balaban J connectivity index is 3.96. The molecule has 6 heteroatoms. The van der Waals surface area contributed by atoms with E-state index in [1.165, 1.54) is 4.90 Å². The molecule has 0 aliphatic heterocycles. The Morgan fingerprint density at radius 2 is 1.80 bits per heavy atom. The second-order valence-corrected chi connectivity index (χ2v) is 3.45. The van der Waals surface area contributed by atoms with Crippen LogP contribution in [0, 0.1) is 0 Å². The quantitative estimate of drug-likeness (QED) is 0.713. The minimum absolute atomic E-state index is 0.0164. The Hall–Kier alpha value is -1.59. The van der Waals surface area contributed by atoms with Crippen molar-refractivity contribution in [1.82, 2.24) is 10.2 Å². The van der Waals surface area contributed by atoms with Gasteiger partial charge in [0.15, 0.2) is 0 Å². The molecule has 0 aromatic rings. The van der Waals surface area contributed by atoms with Crippen LogP contribution in [-0.4, -0.2) is 41.0 Å². The minimum atomic E-state index is -1.06. The molecule has 0 aliphatic rings. The molecule has 0 saturated heterocycles. The first-order valence-corrected chi connectivity index (χ1v) is 4.63. The molecule has 0 spiro atoms. The van der Waals surface area contributed by atoms with E-state index in [9.17, 15) is 14.4 Å². The molecule has 0 saturated carbocycles. The average molecular weight is 216 g/mol. The zero-order valence-corrected chi connectivity index (χ0v) is 9.11. The summed E-state index contributed by atoms with van der Waals surface area (Å²) in [7, 11) is 1.56. The molecule has 2 N–H and O–H groups in total. The van der Waals surface area contributed by atoms with Gasteiger partial charge in [-0.2, -0.15) is 0 Å². The zero-order valence-electron chi connectivity index (χ0n) is 9.11. The Bertz CT molecular complexity index is 263. The lowest BCUT2D eigenvalue weighted by atomic mass is 10.3. The maximum atomic E-state index is 11.3. The van der Waals surface area contributed by atoms with Crippen molar-refractivity contribution in [3.8, 4) is 0 Å². The molecule has 0 aromatic heterocycles. The summed E-state index contributed by atoms with van der Waals surface area (Å²) < 4.78 is 0. The van der Waals surface area contributed by atoms with Gasteiger partial charge in [0, 0.05) is 19.5 Å². The van der Waals surface area contributed by atoms with Gasteiger partial charge in [-0.05, 0) is 13.8 Å². The third-order valence-corrected chi connectivity index (χ3v) is 1.91. The zero-order chi connectivity index (χ0) is 12.0. The van der Waals surface area contributed by atoms with Gasteiger partial charge in [-0.1, -0.05) is 0 Å². The van der Waals surface area contributed by atoms with Crippen LogP contribution in [0.1, 0.15) is 26.7 Å². The number of nitrogens with one attached hydrogen (secondary N) is 1. The number of urea groups is 1. The molecule has 0 unspecified atom stereocenters. The molecule has 0 rings (SSSR count). The van der Waals surface area contributed by atoms with E-state index in [2.05, 4.69) is 5.32 Å². The van der Waals surface area contributed by atoms with Crippen LogP contribution in [0.5, 0.6) is 0 Å². The Morgan fingerprint density at radius 1 is 1.27 bits per heavy atom. The Kier molecular flexibility index (Phi) is 5.36. The van der Waals surface area contributed by atoms with Crippen LogP contribution in [0.4, 0.5) is 4.79 Å². The molecule has 0 radical (unpaired) electrons. The molecule has 86 valence electrons. The largest absolute Gasteiger partial charge is 0.481 e. The van der Waals surface area contributed by atoms with E-state index in [0.717, 1.165) is 0 Å². The van der Waals surface area contributed by atoms with Gasteiger partial charge < -0.3 is 10.0 Å². The summed E-state index contributed by atoms with van der Waals surface area (Å²) in [5.74, 6) is -1.63. The van der Waals surface area contributed by atoms with Crippen molar-refractivity contribution in [3.63, 3.8) is 0 Å². The first kappa shape index (κ1) is 13.4. The third kappa shape index (κ3) is 5.66. The molecule has 0 aliphatic carbocycles. The maximum absolute atomic E-state index is 11.3. The van der Waals surface area contributed by atoms with E-state index in [0.29, 0.717) is 0 Å². The molecule has 0 bridgehead atoms. The smallest absolute Gasteiger partial charge is 0.324 e. The SMILES string of the molecule is CC(C)N(C)C(=O)NC(=O)CCC(=O)O. The van der Waals surface area contributed by atoms with E-state index in [4.69, 9.17) is 5.11 Å². The van der Waals surface area contributed by atoms with Crippen LogP contribution in [0.15, 0.2) is 0 Å². The van der Waals surface area contributed by atoms with Crippen molar-refractivity contribution >= 4 is 17.9 Å². The number of carbonyl (C=O) groups is 3. The number of amides is 3. The van der Waals surface area contributed by atoms with Crippen molar-refractivity contribution in [3.05, 3.63) is 0 Å². The summed E-state index contributed by atoms with van der Waals surface area (Å²) in [5.41, 5.74) is 0. The summed E-state index contributed by atoms with van der Waals surface area (Å²) in [4.78, 5) is 33.9. The number of hydrogen-bond acceptors (Lipinski definition) is 3. The van der Waals surface area contributed by atoms with Gasteiger partial charge in [0.05, 0.1) is 6.42 Å². The topological polar surface area (TPSA) is 86.7 Å². The van der Waals surface area contributed by atoms with Crippen molar-refractivity contribution in [1.29, 1.82) is 0 Å². The van der Waals surface area contributed by atoms with Gasteiger partial charge in [-0.3, -0.25) is 14.9 Å². The predicted octanol–water partition coefficient (Wildman–Crippen LogP) is 0.428. The normalized spacial score (nSPS) is 9.87. The number of nitrogens with zero attached hydrogens (tertiary/aromatic N) is 1. The van der Waals surface area contributed by atoms with Crippen LogP contribution in [-0.2, 0) is 9.59 Å². The Morgan fingerprint density at radius 3 is 2.20 bits per heavy atom. The fourth-order valence-electron chi connectivity index (χ4n) is 0.725. The predicted molar refractivity (Wildman–Crippen MR) is 53.3 cm³/mol. The summed E-state index contributed by atoms with van der Waals surface area (Å²) >= 11 is 0. The highest BCUT2D eigenvalue weighted by Gasteiger charge is 2.15. The lowest BCUT2D eigenvalue weighted by Crippen LogP contribution is -2.43. The summed E-state index contributed by atoms with van der Waals surface area (Å²) in [6.07, 6.45) is -0.461. The van der Waals surface area contributed by atoms with Crippen LogP contribution in [0.25, 0.3) is 0 Å². The van der Waals surface area contributed by atoms with E-state index >= 15 is 0 Å². The van der Waals surface area contributed by atoms with Crippen LogP contribution < -0.4 is 5.32 Å². The van der Waals surface area contributed by atoms with Gasteiger partial charge in [0.25, 0.3) is 0 Å². The second-order valence-electron chi connectivity index (χ2n) is 3.45. The number of rotatable bonds is 4. The molecule has 0 atom stereocenters. The summed E-state index contributed by atoms with van der Waals surface area (Å²) in [6, 6.07) is -0.530. The van der Waals surface area contributed by atoms with E-state index in [-0.39, 0.29) is 18.9 Å².